The van der Waals surface area contributed by atoms with E-state index in [1.54, 1.807) is 62.1 Å². The van der Waals surface area contributed by atoms with Crippen molar-refractivity contribution in [1.29, 1.82) is 0 Å². The van der Waals surface area contributed by atoms with Crippen LogP contribution in [0.3, 0.4) is 0 Å². The number of para-hydroxylation sites is 1. The number of thiazole rings is 1. The number of benzene rings is 2. The highest BCUT2D eigenvalue weighted by Gasteiger charge is 2.61. The van der Waals surface area contributed by atoms with Gasteiger partial charge in [-0.25, -0.2) is 4.98 Å². The second kappa shape index (κ2) is 7.94. The summed E-state index contributed by atoms with van der Waals surface area (Å²) in [6.07, 6.45) is -5.69. The van der Waals surface area contributed by atoms with Gasteiger partial charge in [-0.15, -0.1) is 11.3 Å². The topological polar surface area (TPSA) is 39.2 Å². The van der Waals surface area contributed by atoms with Gasteiger partial charge < -0.3 is 4.43 Å². The summed E-state index contributed by atoms with van der Waals surface area (Å²) < 4.78 is 50.6. The Morgan fingerprint density at radius 1 is 1.10 bits per heavy atom. The van der Waals surface area contributed by atoms with Crippen molar-refractivity contribution in [1.82, 2.24) is 4.98 Å². The van der Waals surface area contributed by atoms with E-state index in [-0.39, 0.29) is 10.6 Å². The molecule has 0 saturated carbocycles. The van der Waals surface area contributed by atoms with E-state index in [1.807, 2.05) is 0 Å². The van der Waals surface area contributed by atoms with Crippen LogP contribution in [0.2, 0.25) is 19.6 Å². The average Bonchev–Trinajstić information content (AvgIpc) is 3.03. The van der Waals surface area contributed by atoms with E-state index >= 15 is 0 Å². The fraction of sp³-hybridized carbons (Fsp3) is 0.300. The lowest BCUT2D eigenvalue weighted by molar-refractivity contribution is -0.256. The first-order chi connectivity index (χ1) is 13.4. The molecule has 29 heavy (non-hydrogen) atoms. The molecular formula is C20H19BrF3NO2SSi. The predicted octanol–water partition coefficient (Wildman–Crippen LogP) is 6.94. The highest BCUT2D eigenvalue weighted by molar-refractivity contribution is 9.10. The van der Waals surface area contributed by atoms with Crippen molar-refractivity contribution < 1.29 is 22.4 Å². The van der Waals surface area contributed by atoms with Crippen molar-refractivity contribution >= 4 is 51.6 Å². The predicted molar refractivity (Wildman–Crippen MR) is 115 cm³/mol. The third kappa shape index (κ3) is 4.63. The molecule has 0 aliphatic rings. The Hall–Kier alpha value is -1.55. The second-order valence-electron chi connectivity index (χ2n) is 7.61. The largest absolute Gasteiger partial charge is 0.423 e. The maximum Gasteiger partial charge on any atom is 0.423 e. The number of rotatable bonds is 6. The SMILES string of the molecule is C[Si](C)(C)O[C@@](CC(=O)c1ccccc1Br)(c1nc2ccccc2s1)C(F)(F)F. The number of alkyl halides is 3. The Kier molecular flexibility index (Phi) is 6.06. The van der Waals surface area contributed by atoms with Gasteiger partial charge in [-0.2, -0.15) is 13.2 Å². The molecule has 2 aromatic carbocycles. The molecule has 9 heteroatoms. The van der Waals surface area contributed by atoms with Crippen molar-refractivity contribution in [2.45, 2.75) is 37.8 Å². The molecule has 0 spiro atoms. The number of halogens is 4. The molecule has 3 nitrogen and oxygen atoms in total. The minimum atomic E-state index is -4.82. The summed E-state index contributed by atoms with van der Waals surface area (Å²) in [4.78, 5) is 17.2. The minimum absolute atomic E-state index is 0.182. The van der Waals surface area contributed by atoms with E-state index in [9.17, 15) is 18.0 Å². The van der Waals surface area contributed by atoms with Crippen LogP contribution in [0.25, 0.3) is 10.2 Å². The van der Waals surface area contributed by atoms with Gasteiger partial charge in [-0.3, -0.25) is 4.79 Å². The fourth-order valence-corrected chi connectivity index (χ4v) is 6.03. The molecule has 0 aliphatic heterocycles. The summed E-state index contributed by atoms with van der Waals surface area (Å²) in [6.45, 7) is 5.01. The first-order valence-electron chi connectivity index (χ1n) is 8.84. The summed E-state index contributed by atoms with van der Waals surface area (Å²) in [5, 5.41) is -0.242. The van der Waals surface area contributed by atoms with Crippen LogP contribution >= 0.6 is 27.3 Å². The first kappa shape index (κ1) is 22.1. The Balaban J connectivity index is 2.19. The van der Waals surface area contributed by atoms with E-state index in [0.29, 0.717) is 14.7 Å². The summed E-state index contributed by atoms with van der Waals surface area (Å²) in [5.74, 6) is -0.660. The van der Waals surface area contributed by atoms with Gasteiger partial charge in [0.1, 0.15) is 5.01 Å². The highest BCUT2D eigenvalue weighted by atomic mass is 79.9. The van der Waals surface area contributed by atoms with Crippen LogP contribution in [0.5, 0.6) is 0 Å². The third-order valence-corrected chi connectivity index (χ3v) is 6.99. The lowest BCUT2D eigenvalue weighted by Crippen LogP contribution is -2.52. The van der Waals surface area contributed by atoms with Gasteiger partial charge >= 0.3 is 6.18 Å². The molecule has 1 heterocycles. The first-order valence-corrected chi connectivity index (χ1v) is 13.9. The number of ketones is 1. The van der Waals surface area contributed by atoms with E-state index < -0.39 is 32.3 Å². The standard InChI is InChI=1S/C20H19BrF3NO2SSi/c1-29(2,3)27-19(20(22,23)24,12-16(26)13-8-4-5-9-14(13)21)18-25-15-10-6-7-11-17(15)28-18/h4-11H,12H2,1-3H3/t19-/m0/s1. The Bertz CT molecular complexity index is 1010. The van der Waals surface area contributed by atoms with Crippen LogP contribution in [0, 0.1) is 0 Å². The molecule has 0 unspecified atom stereocenters. The lowest BCUT2D eigenvalue weighted by Gasteiger charge is -2.38. The summed E-state index contributed by atoms with van der Waals surface area (Å²) in [6, 6.07) is 13.3. The number of Topliss-reactive ketones (excluding diaryl/α,β-unsaturated/α-hetero) is 1. The van der Waals surface area contributed by atoms with Crippen LogP contribution in [-0.2, 0) is 10.0 Å². The van der Waals surface area contributed by atoms with Crippen LogP contribution in [-0.4, -0.2) is 25.3 Å². The number of nitrogens with zero attached hydrogens (tertiary/aromatic N) is 1. The number of carbonyl (C=O) groups is 1. The molecular weight excluding hydrogens is 483 g/mol. The molecule has 0 radical (unpaired) electrons. The lowest BCUT2D eigenvalue weighted by atomic mass is 9.93. The molecule has 0 N–H and O–H groups in total. The van der Waals surface area contributed by atoms with E-state index in [1.165, 1.54) is 6.07 Å². The van der Waals surface area contributed by atoms with E-state index in [4.69, 9.17) is 4.43 Å². The van der Waals surface area contributed by atoms with Crippen molar-refractivity contribution in [2.24, 2.45) is 0 Å². The molecule has 0 amide bonds. The number of hydrogen-bond donors (Lipinski definition) is 0. The molecule has 0 aliphatic carbocycles. The Labute approximate surface area is 180 Å². The molecule has 0 bridgehead atoms. The smallest absolute Gasteiger partial charge is 0.398 e. The molecule has 154 valence electrons. The summed E-state index contributed by atoms with van der Waals surface area (Å²) in [7, 11) is -2.73. The van der Waals surface area contributed by atoms with E-state index in [2.05, 4.69) is 20.9 Å². The van der Waals surface area contributed by atoms with Gasteiger partial charge in [-0.1, -0.05) is 46.3 Å². The van der Waals surface area contributed by atoms with Crippen molar-refractivity contribution in [2.75, 3.05) is 0 Å². The minimum Gasteiger partial charge on any atom is -0.398 e. The molecule has 0 fully saturated rings. The number of aromatic nitrogens is 1. The molecule has 3 rings (SSSR count). The van der Waals surface area contributed by atoms with Gasteiger partial charge in [0.25, 0.3) is 0 Å². The zero-order valence-electron chi connectivity index (χ0n) is 16.0. The molecule has 0 saturated heterocycles. The zero-order chi connectivity index (χ0) is 21.4. The van der Waals surface area contributed by atoms with Crippen LogP contribution in [0.15, 0.2) is 53.0 Å². The van der Waals surface area contributed by atoms with Crippen molar-refractivity contribution in [3.63, 3.8) is 0 Å². The second-order valence-corrected chi connectivity index (χ2v) is 13.9. The maximum atomic E-state index is 14.6. The van der Waals surface area contributed by atoms with Crippen LogP contribution < -0.4 is 0 Å². The van der Waals surface area contributed by atoms with Crippen LogP contribution in [0.1, 0.15) is 21.8 Å². The zero-order valence-corrected chi connectivity index (χ0v) is 19.4. The summed E-state index contributed by atoms with van der Waals surface area (Å²) in [5.41, 5.74) is -2.16. The number of hydrogen-bond acceptors (Lipinski definition) is 4. The number of fused-ring (bicyclic) bond motifs is 1. The quantitative estimate of drug-likeness (QED) is 0.271. The van der Waals surface area contributed by atoms with Crippen LogP contribution in [0.4, 0.5) is 13.2 Å². The van der Waals surface area contributed by atoms with Gasteiger partial charge in [0.05, 0.1) is 16.6 Å². The highest BCUT2D eigenvalue weighted by Crippen LogP contribution is 2.49. The monoisotopic (exact) mass is 501 g/mol. The third-order valence-electron chi connectivity index (χ3n) is 4.16. The van der Waals surface area contributed by atoms with Crippen molar-refractivity contribution in [3.8, 4) is 0 Å². The van der Waals surface area contributed by atoms with Crippen molar-refractivity contribution in [3.05, 3.63) is 63.6 Å². The normalized spacial score (nSPS) is 14.7. The molecule has 3 aromatic rings. The van der Waals surface area contributed by atoms with Gasteiger partial charge in [0.2, 0.25) is 5.60 Å². The van der Waals surface area contributed by atoms with Gasteiger partial charge in [-0.05, 0) is 37.8 Å². The number of carbonyl (C=O) groups excluding carboxylic acids is 1. The van der Waals surface area contributed by atoms with Gasteiger partial charge in [0.15, 0.2) is 14.1 Å². The molecule has 1 atom stereocenters. The van der Waals surface area contributed by atoms with E-state index in [0.717, 1.165) is 11.3 Å². The summed E-state index contributed by atoms with van der Waals surface area (Å²) >= 11 is 4.17. The van der Waals surface area contributed by atoms with Gasteiger partial charge in [0, 0.05) is 10.0 Å². The fourth-order valence-electron chi connectivity index (χ4n) is 3.01. The Morgan fingerprint density at radius 2 is 1.72 bits per heavy atom. The molecule has 1 aromatic heterocycles. The Morgan fingerprint density at radius 3 is 2.31 bits per heavy atom. The average molecular weight is 502 g/mol. The maximum absolute atomic E-state index is 14.6.